The SMILES string of the molecule is CC/C=C\C/C=C\C=C1/CCc2cc3c(ccc4c5cc6c(cc5ccc34)-c3cccc4cccc-6c34)cc21. The molecular formula is C39H30. The van der Waals surface area contributed by atoms with E-state index in [1.165, 1.54) is 82.0 Å². The number of hydrogen-bond acceptors (Lipinski definition) is 0. The van der Waals surface area contributed by atoms with Crippen LogP contribution in [-0.4, -0.2) is 0 Å². The Morgan fingerprint density at radius 2 is 1.26 bits per heavy atom. The molecule has 0 heteroatoms. The molecule has 186 valence electrons. The minimum Gasteiger partial charge on any atom is -0.0885 e. The van der Waals surface area contributed by atoms with Gasteiger partial charge < -0.3 is 0 Å². The van der Waals surface area contributed by atoms with Gasteiger partial charge in [0.2, 0.25) is 0 Å². The lowest BCUT2D eigenvalue weighted by atomic mass is 9.92. The standard InChI is InChI=1S/C39H30/c1-2-3-4-5-6-7-10-25-15-16-27-22-35-28(21-34(25)27)17-20-31-30(35)19-18-29-23-37-32-13-8-11-26-12-9-14-33(39(26)32)38(37)24-36(29)31/h3-4,6-14,17-24H,2,5,15-16H2,1H3/b4-3-,7-6-,25-10+. The van der Waals surface area contributed by atoms with Crippen LogP contribution in [0.3, 0.4) is 0 Å². The highest BCUT2D eigenvalue weighted by Crippen LogP contribution is 2.49. The van der Waals surface area contributed by atoms with Gasteiger partial charge in [-0.3, -0.25) is 0 Å². The van der Waals surface area contributed by atoms with Gasteiger partial charge in [-0.2, -0.15) is 0 Å². The molecule has 0 fully saturated rings. The first-order valence-electron chi connectivity index (χ1n) is 14.3. The molecule has 0 aliphatic heterocycles. The van der Waals surface area contributed by atoms with Crippen molar-refractivity contribution < 1.29 is 0 Å². The van der Waals surface area contributed by atoms with Crippen molar-refractivity contribution in [1.82, 2.24) is 0 Å². The normalized spacial score (nSPS) is 15.2. The molecule has 0 N–H and O–H groups in total. The van der Waals surface area contributed by atoms with Crippen LogP contribution in [0.25, 0.3) is 70.9 Å². The summed E-state index contributed by atoms with van der Waals surface area (Å²) in [6, 6.07) is 32.5. The van der Waals surface area contributed by atoms with Gasteiger partial charge in [0.25, 0.3) is 0 Å². The number of hydrogen-bond donors (Lipinski definition) is 0. The second-order valence-corrected chi connectivity index (χ2v) is 11.0. The molecule has 0 amide bonds. The lowest BCUT2D eigenvalue weighted by molar-refractivity contribution is 1.08. The van der Waals surface area contributed by atoms with Gasteiger partial charge in [-0.25, -0.2) is 0 Å². The molecule has 2 aliphatic rings. The van der Waals surface area contributed by atoms with E-state index in [2.05, 4.69) is 122 Å². The Labute approximate surface area is 229 Å². The molecule has 0 nitrogen and oxygen atoms in total. The van der Waals surface area contributed by atoms with E-state index in [9.17, 15) is 0 Å². The molecule has 0 atom stereocenters. The zero-order chi connectivity index (χ0) is 25.9. The Kier molecular flexibility index (Phi) is 5.10. The number of rotatable bonds is 4. The molecule has 0 unspecified atom stereocenters. The number of allylic oxidation sites excluding steroid dienone is 6. The molecule has 2 aliphatic carbocycles. The molecule has 0 spiro atoms. The highest BCUT2D eigenvalue weighted by Gasteiger charge is 2.22. The highest BCUT2D eigenvalue weighted by atomic mass is 14.3. The first-order valence-corrected chi connectivity index (χ1v) is 14.3. The Morgan fingerprint density at radius 1 is 0.564 bits per heavy atom. The van der Waals surface area contributed by atoms with E-state index < -0.39 is 0 Å². The van der Waals surface area contributed by atoms with Gasteiger partial charge >= 0.3 is 0 Å². The minimum atomic E-state index is 1.01. The van der Waals surface area contributed by atoms with Crippen molar-refractivity contribution in [3.8, 4) is 22.3 Å². The topological polar surface area (TPSA) is 0 Å². The molecule has 0 aromatic heterocycles. The fraction of sp³-hybridized carbons (Fsp3) is 0.128. The van der Waals surface area contributed by atoms with Gasteiger partial charge in [0.1, 0.15) is 0 Å². The van der Waals surface area contributed by atoms with Crippen LogP contribution in [0.1, 0.15) is 37.3 Å². The third-order valence-electron chi connectivity index (χ3n) is 8.80. The van der Waals surface area contributed by atoms with Gasteiger partial charge in [-0.05, 0) is 132 Å². The third-order valence-corrected chi connectivity index (χ3v) is 8.80. The van der Waals surface area contributed by atoms with E-state index in [1.54, 1.807) is 0 Å². The van der Waals surface area contributed by atoms with Crippen molar-refractivity contribution in [3.63, 3.8) is 0 Å². The lowest BCUT2D eigenvalue weighted by Gasteiger charge is -2.12. The molecule has 0 radical (unpaired) electrons. The maximum atomic E-state index is 2.47. The average Bonchev–Trinajstić information content (AvgIpc) is 3.52. The third kappa shape index (κ3) is 3.45. The van der Waals surface area contributed by atoms with Crippen LogP contribution in [0, 0.1) is 0 Å². The van der Waals surface area contributed by atoms with Crippen LogP contribution in [0.4, 0.5) is 0 Å². The predicted octanol–water partition coefficient (Wildman–Crippen LogP) is 11.2. The summed E-state index contributed by atoms with van der Waals surface area (Å²) < 4.78 is 0. The van der Waals surface area contributed by atoms with Crippen LogP contribution >= 0.6 is 0 Å². The van der Waals surface area contributed by atoms with Crippen molar-refractivity contribution >= 4 is 48.7 Å². The van der Waals surface area contributed by atoms with Gasteiger partial charge in [-0.1, -0.05) is 98.0 Å². The summed E-state index contributed by atoms with van der Waals surface area (Å²) >= 11 is 0. The van der Waals surface area contributed by atoms with E-state index in [0.717, 1.165) is 25.7 Å². The molecule has 6 aromatic carbocycles. The maximum absolute atomic E-state index is 2.47. The first kappa shape index (κ1) is 22.6. The second-order valence-electron chi connectivity index (χ2n) is 11.0. The molecule has 0 saturated heterocycles. The van der Waals surface area contributed by atoms with E-state index in [-0.39, 0.29) is 0 Å². The summed E-state index contributed by atoms with van der Waals surface area (Å²) in [5.74, 6) is 0. The van der Waals surface area contributed by atoms with Crippen molar-refractivity contribution in [2.45, 2.75) is 32.6 Å². The Hall–Kier alpha value is -4.42. The van der Waals surface area contributed by atoms with E-state index in [0.29, 0.717) is 0 Å². The Morgan fingerprint density at radius 3 is 2.00 bits per heavy atom. The summed E-state index contributed by atoms with van der Waals surface area (Å²) in [7, 11) is 0. The molecule has 0 heterocycles. The highest BCUT2D eigenvalue weighted by molar-refractivity contribution is 6.22. The smallest absolute Gasteiger partial charge is 0.00264 e. The Balaban J connectivity index is 1.26. The summed E-state index contributed by atoms with van der Waals surface area (Å²) in [5, 5.41) is 10.8. The van der Waals surface area contributed by atoms with Gasteiger partial charge in [0.15, 0.2) is 0 Å². The van der Waals surface area contributed by atoms with Crippen molar-refractivity contribution in [2.24, 2.45) is 0 Å². The van der Waals surface area contributed by atoms with Crippen LogP contribution in [0.5, 0.6) is 0 Å². The summed E-state index contributed by atoms with van der Waals surface area (Å²) in [4.78, 5) is 0. The summed E-state index contributed by atoms with van der Waals surface area (Å²) in [5.41, 5.74) is 9.84. The fourth-order valence-electron chi connectivity index (χ4n) is 6.94. The largest absolute Gasteiger partial charge is 0.0885 e. The molecule has 0 bridgehead atoms. The van der Waals surface area contributed by atoms with Crippen LogP contribution in [0.15, 0.2) is 115 Å². The van der Waals surface area contributed by atoms with E-state index in [4.69, 9.17) is 0 Å². The summed E-state index contributed by atoms with van der Waals surface area (Å²) in [6.45, 7) is 2.18. The molecule has 8 rings (SSSR count). The minimum absolute atomic E-state index is 1.01. The first-order chi connectivity index (χ1) is 19.3. The zero-order valence-corrected chi connectivity index (χ0v) is 22.3. The van der Waals surface area contributed by atoms with Gasteiger partial charge in [0, 0.05) is 0 Å². The average molecular weight is 499 g/mol. The number of aryl methyl sites for hydroxylation is 1. The predicted molar refractivity (Wildman–Crippen MR) is 170 cm³/mol. The van der Waals surface area contributed by atoms with E-state index >= 15 is 0 Å². The van der Waals surface area contributed by atoms with Gasteiger partial charge in [-0.15, -0.1) is 0 Å². The monoisotopic (exact) mass is 498 g/mol. The fourth-order valence-corrected chi connectivity index (χ4v) is 6.94. The summed E-state index contributed by atoms with van der Waals surface area (Å²) in [6.07, 6.45) is 15.7. The van der Waals surface area contributed by atoms with Crippen LogP contribution in [0.2, 0.25) is 0 Å². The zero-order valence-electron chi connectivity index (χ0n) is 22.3. The molecule has 39 heavy (non-hydrogen) atoms. The van der Waals surface area contributed by atoms with Gasteiger partial charge in [0.05, 0.1) is 0 Å². The second kappa shape index (κ2) is 8.82. The number of benzene rings is 6. The number of fused-ring (bicyclic) bond motifs is 9. The van der Waals surface area contributed by atoms with Crippen LogP contribution < -0.4 is 0 Å². The van der Waals surface area contributed by atoms with E-state index in [1.807, 2.05) is 0 Å². The molecule has 6 aromatic rings. The quantitative estimate of drug-likeness (QED) is 0.167. The van der Waals surface area contributed by atoms with Crippen molar-refractivity contribution in [2.75, 3.05) is 0 Å². The maximum Gasteiger partial charge on any atom is -0.00264 e. The molecule has 0 saturated carbocycles. The van der Waals surface area contributed by atoms with Crippen molar-refractivity contribution in [1.29, 1.82) is 0 Å². The molecular weight excluding hydrogens is 468 g/mol. The van der Waals surface area contributed by atoms with Crippen LogP contribution in [-0.2, 0) is 6.42 Å². The Bertz CT molecular complexity index is 2060. The van der Waals surface area contributed by atoms with Crippen molar-refractivity contribution in [3.05, 3.63) is 126 Å². The lowest BCUT2D eigenvalue weighted by Crippen LogP contribution is -1.87.